The largest absolute Gasteiger partial charge is 0.361 e. The van der Waals surface area contributed by atoms with Gasteiger partial charge in [-0.05, 0) is 43.9 Å². The molecule has 1 fully saturated rings. The maximum Gasteiger partial charge on any atom is 0.322 e. The number of likely N-dealkylation sites (tertiary alicyclic amines) is 1. The summed E-state index contributed by atoms with van der Waals surface area (Å²) in [5.74, 6) is 0.775. The Morgan fingerprint density at radius 3 is 2.82 bits per heavy atom. The summed E-state index contributed by atoms with van der Waals surface area (Å²) in [4.78, 5) is 14.4. The van der Waals surface area contributed by atoms with Gasteiger partial charge in [-0.2, -0.15) is 0 Å². The van der Waals surface area contributed by atoms with Gasteiger partial charge in [0.1, 0.15) is 11.5 Å². The monoisotopic (exact) mass is 299 g/mol. The number of carbonyl (C=O) groups is 1. The highest BCUT2D eigenvalue weighted by Gasteiger charge is 2.32. The molecule has 5 nitrogen and oxygen atoms in total. The third kappa shape index (κ3) is 2.98. The standard InChI is InChI=1S/C17H21N3O2/c1-3-13-6-8-14(9-7-13)18-17(21)20-10-4-5-16(20)15-11-12(2)22-19-15/h6-9,11,16H,3-5,10H2,1-2H3,(H,18,21). The zero-order valence-electron chi connectivity index (χ0n) is 13.0. The fourth-order valence-corrected chi connectivity index (χ4v) is 2.88. The predicted molar refractivity (Wildman–Crippen MR) is 84.8 cm³/mol. The number of hydrogen-bond donors (Lipinski definition) is 1. The maximum atomic E-state index is 12.5. The van der Waals surface area contributed by atoms with Crippen LogP contribution in [0.5, 0.6) is 0 Å². The van der Waals surface area contributed by atoms with Crippen molar-refractivity contribution in [1.29, 1.82) is 0 Å². The molecule has 2 aromatic rings. The summed E-state index contributed by atoms with van der Waals surface area (Å²) in [6.45, 7) is 4.73. The van der Waals surface area contributed by atoms with Crippen LogP contribution in [-0.2, 0) is 6.42 Å². The fraction of sp³-hybridized carbons (Fsp3) is 0.412. The highest BCUT2D eigenvalue weighted by atomic mass is 16.5. The van der Waals surface area contributed by atoms with Crippen LogP contribution in [0.1, 0.15) is 42.8 Å². The molecule has 1 atom stereocenters. The first-order valence-corrected chi connectivity index (χ1v) is 7.77. The van der Waals surface area contributed by atoms with Crippen molar-refractivity contribution in [3.63, 3.8) is 0 Å². The molecule has 1 aliphatic heterocycles. The predicted octanol–water partition coefficient (Wildman–Crippen LogP) is 3.91. The number of carbonyl (C=O) groups excluding carboxylic acids is 1. The normalized spacial score (nSPS) is 17.7. The van der Waals surface area contributed by atoms with Gasteiger partial charge < -0.3 is 14.7 Å². The second-order valence-electron chi connectivity index (χ2n) is 5.69. The molecule has 0 aliphatic carbocycles. The molecular formula is C17H21N3O2. The summed E-state index contributed by atoms with van der Waals surface area (Å²) in [5.41, 5.74) is 2.92. The minimum Gasteiger partial charge on any atom is -0.361 e. The molecule has 1 aliphatic rings. The number of nitrogens with one attached hydrogen (secondary N) is 1. The number of aryl methyl sites for hydroxylation is 2. The molecule has 0 bridgehead atoms. The third-order valence-electron chi connectivity index (χ3n) is 4.11. The van der Waals surface area contributed by atoms with E-state index in [0.29, 0.717) is 0 Å². The summed E-state index contributed by atoms with van der Waals surface area (Å²) >= 11 is 0. The summed E-state index contributed by atoms with van der Waals surface area (Å²) < 4.78 is 5.14. The molecule has 0 radical (unpaired) electrons. The number of nitrogens with zero attached hydrogens (tertiary/aromatic N) is 2. The number of benzene rings is 1. The first kappa shape index (κ1) is 14.6. The van der Waals surface area contributed by atoms with Gasteiger partial charge in [-0.25, -0.2) is 4.79 Å². The Balaban J connectivity index is 1.70. The molecule has 22 heavy (non-hydrogen) atoms. The van der Waals surface area contributed by atoms with Gasteiger partial charge >= 0.3 is 6.03 Å². The van der Waals surface area contributed by atoms with E-state index in [4.69, 9.17) is 4.52 Å². The molecule has 0 saturated carbocycles. The first-order chi connectivity index (χ1) is 10.7. The minimum absolute atomic E-state index is 0.00682. The van der Waals surface area contributed by atoms with Crippen LogP contribution in [0, 0.1) is 6.92 Å². The van der Waals surface area contributed by atoms with E-state index in [1.54, 1.807) is 0 Å². The molecule has 116 valence electrons. The van der Waals surface area contributed by atoms with Crippen molar-refractivity contribution in [2.45, 2.75) is 39.2 Å². The summed E-state index contributed by atoms with van der Waals surface area (Å²) in [5, 5.41) is 7.03. The van der Waals surface area contributed by atoms with Crippen molar-refractivity contribution in [2.75, 3.05) is 11.9 Å². The molecule has 2 heterocycles. The van der Waals surface area contributed by atoms with Gasteiger partial charge in [0.05, 0.1) is 6.04 Å². The lowest BCUT2D eigenvalue weighted by molar-refractivity contribution is 0.204. The first-order valence-electron chi connectivity index (χ1n) is 7.77. The van der Waals surface area contributed by atoms with Crippen LogP contribution >= 0.6 is 0 Å². The lowest BCUT2D eigenvalue weighted by atomic mass is 10.1. The van der Waals surface area contributed by atoms with Crippen molar-refractivity contribution in [3.8, 4) is 0 Å². The maximum absolute atomic E-state index is 12.5. The quantitative estimate of drug-likeness (QED) is 0.934. The number of amides is 2. The van der Waals surface area contributed by atoms with Crippen LogP contribution in [0.3, 0.4) is 0 Å². The Morgan fingerprint density at radius 2 is 2.18 bits per heavy atom. The van der Waals surface area contributed by atoms with Gasteiger partial charge in [0.25, 0.3) is 0 Å². The molecule has 5 heteroatoms. The van der Waals surface area contributed by atoms with Gasteiger partial charge in [-0.3, -0.25) is 0 Å². The van der Waals surface area contributed by atoms with Gasteiger partial charge in [0, 0.05) is 18.3 Å². The summed E-state index contributed by atoms with van der Waals surface area (Å²) in [6, 6.07) is 9.81. The molecular weight excluding hydrogens is 278 g/mol. The fourth-order valence-electron chi connectivity index (χ4n) is 2.88. The van der Waals surface area contributed by atoms with E-state index in [-0.39, 0.29) is 12.1 Å². The van der Waals surface area contributed by atoms with Crippen LogP contribution in [0.25, 0.3) is 0 Å². The van der Waals surface area contributed by atoms with Crippen LogP contribution in [0.15, 0.2) is 34.9 Å². The molecule has 3 rings (SSSR count). The Labute approximate surface area is 130 Å². The number of urea groups is 1. The molecule has 1 unspecified atom stereocenters. The Bertz CT molecular complexity index is 648. The SMILES string of the molecule is CCc1ccc(NC(=O)N2CCCC2c2cc(C)on2)cc1. The molecule has 1 aromatic carbocycles. The Morgan fingerprint density at radius 1 is 1.41 bits per heavy atom. The Kier molecular flexibility index (Phi) is 4.13. The van der Waals surface area contributed by atoms with E-state index in [9.17, 15) is 4.79 Å². The molecule has 1 aromatic heterocycles. The van der Waals surface area contributed by atoms with Crippen LogP contribution < -0.4 is 5.32 Å². The zero-order chi connectivity index (χ0) is 15.5. The van der Waals surface area contributed by atoms with Crippen molar-refractivity contribution >= 4 is 11.7 Å². The Hall–Kier alpha value is -2.30. The summed E-state index contributed by atoms with van der Waals surface area (Å²) in [6.07, 6.45) is 2.90. The molecule has 1 saturated heterocycles. The van der Waals surface area contributed by atoms with E-state index in [2.05, 4.69) is 17.4 Å². The molecule has 1 N–H and O–H groups in total. The van der Waals surface area contributed by atoms with Crippen molar-refractivity contribution in [3.05, 3.63) is 47.3 Å². The average Bonchev–Trinajstić information content (AvgIpc) is 3.16. The van der Waals surface area contributed by atoms with Gasteiger partial charge in [0.15, 0.2) is 0 Å². The van der Waals surface area contributed by atoms with Crippen LogP contribution in [0.4, 0.5) is 10.5 Å². The second-order valence-corrected chi connectivity index (χ2v) is 5.69. The van der Waals surface area contributed by atoms with E-state index >= 15 is 0 Å². The smallest absolute Gasteiger partial charge is 0.322 e. The van der Waals surface area contributed by atoms with E-state index < -0.39 is 0 Å². The van der Waals surface area contributed by atoms with Crippen molar-refractivity contribution < 1.29 is 9.32 Å². The van der Waals surface area contributed by atoms with Gasteiger partial charge in [0.2, 0.25) is 0 Å². The van der Waals surface area contributed by atoms with Gasteiger partial charge in [-0.15, -0.1) is 0 Å². The minimum atomic E-state index is -0.0765. The highest BCUT2D eigenvalue weighted by Crippen LogP contribution is 2.32. The van der Waals surface area contributed by atoms with Crippen LogP contribution in [-0.4, -0.2) is 22.6 Å². The van der Waals surface area contributed by atoms with E-state index in [0.717, 1.165) is 42.9 Å². The number of hydrogen-bond acceptors (Lipinski definition) is 3. The van der Waals surface area contributed by atoms with Crippen molar-refractivity contribution in [1.82, 2.24) is 10.1 Å². The van der Waals surface area contributed by atoms with Crippen molar-refractivity contribution in [2.24, 2.45) is 0 Å². The number of rotatable bonds is 3. The zero-order valence-corrected chi connectivity index (χ0v) is 13.0. The topological polar surface area (TPSA) is 58.4 Å². The number of aromatic nitrogens is 1. The highest BCUT2D eigenvalue weighted by molar-refractivity contribution is 5.89. The molecule has 0 spiro atoms. The second kappa shape index (κ2) is 6.22. The van der Waals surface area contributed by atoms with E-state index in [1.807, 2.05) is 42.2 Å². The summed E-state index contributed by atoms with van der Waals surface area (Å²) in [7, 11) is 0. The molecule has 2 amide bonds. The lowest BCUT2D eigenvalue weighted by Crippen LogP contribution is -2.34. The third-order valence-corrected chi connectivity index (χ3v) is 4.11. The van der Waals surface area contributed by atoms with E-state index in [1.165, 1.54) is 5.56 Å². The number of anilines is 1. The van der Waals surface area contributed by atoms with Gasteiger partial charge in [-0.1, -0.05) is 24.2 Å². The lowest BCUT2D eigenvalue weighted by Gasteiger charge is -2.23. The van der Waals surface area contributed by atoms with Crippen LogP contribution in [0.2, 0.25) is 0 Å². The average molecular weight is 299 g/mol.